The van der Waals surface area contributed by atoms with Crippen molar-refractivity contribution in [2.75, 3.05) is 139 Å². The van der Waals surface area contributed by atoms with Crippen LogP contribution in [0.1, 0.15) is 18.0 Å². The van der Waals surface area contributed by atoms with E-state index < -0.39 is 5.92 Å². The van der Waals surface area contributed by atoms with E-state index in [1.165, 1.54) is 0 Å². The van der Waals surface area contributed by atoms with E-state index in [0.717, 1.165) is 5.56 Å². The third-order valence-electron chi connectivity index (χ3n) is 6.73. The number of amides is 2. The van der Waals surface area contributed by atoms with Crippen LogP contribution in [0.5, 0.6) is 0 Å². The standard InChI is InChI=1S/C31H54N4O11/c1-35-29(36)25-28(30(35)27-3-2-5-33-26-27)31(37)34-6-8-39-10-12-41-14-16-43-18-20-45-22-24-46-23-21-44-19-17-42-15-13-40-11-9-38-7-4-32/h2-3,5,26,28,30H,4,6-25,32H2,1H3,(H,34,37). The molecule has 0 radical (unpaired) electrons. The highest BCUT2D eigenvalue weighted by Crippen LogP contribution is 2.36. The van der Waals surface area contributed by atoms with Crippen molar-refractivity contribution in [3.8, 4) is 0 Å². The molecule has 3 N–H and O–H groups in total. The van der Waals surface area contributed by atoms with Crippen molar-refractivity contribution in [2.24, 2.45) is 11.7 Å². The molecule has 2 unspecified atom stereocenters. The van der Waals surface area contributed by atoms with Gasteiger partial charge in [0, 0.05) is 39.0 Å². The minimum atomic E-state index is -0.457. The summed E-state index contributed by atoms with van der Waals surface area (Å²) in [5.74, 6) is -0.676. The SMILES string of the molecule is CN1C(=O)CC(C(=O)NCCOCCOCCOCCOCCOCCOCCOCCOCCOCCN)C1c1cccnc1. The molecule has 1 fully saturated rings. The molecule has 0 saturated carbocycles. The van der Waals surface area contributed by atoms with Gasteiger partial charge in [-0.15, -0.1) is 0 Å². The molecule has 1 aromatic heterocycles. The number of pyridine rings is 1. The highest BCUT2D eigenvalue weighted by Gasteiger charge is 2.42. The van der Waals surface area contributed by atoms with Gasteiger partial charge < -0.3 is 58.6 Å². The molecule has 0 bridgehead atoms. The zero-order valence-electron chi connectivity index (χ0n) is 27.3. The zero-order valence-corrected chi connectivity index (χ0v) is 27.3. The summed E-state index contributed by atoms with van der Waals surface area (Å²) in [6, 6.07) is 3.37. The number of carbonyl (C=O) groups excluding carboxylic acids is 2. The quantitative estimate of drug-likeness (QED) is 0.101. The Hall–Kier alpha value is -2.31. The summed E-state index contributed by atoms with van der Waals surface area (Å²) in [7, 11) is 1.72. The average molecular weight is 659 g/mol. The van der Waals surface area contributed by atoms with Gasteiger partial charge in [-0.25, -0.2) is 0 Å². The highest BCUT2D eigenvalue weighted by atomic mass is 16.6. The Morgan fingerprint density at radius 1 is 0.739 bits per heavy atom. The van der Waals surface area contributed by atoms with Gasteiger partial charge >= 0.3 is 0 Å². The molecule has 15 heteroatoms. The van der Waals surface area contributed by atoms with E-state index in [9.17, 15) is 9.59 Å². The first-order chi connectivity index (χ1) is 22.6. The second-order valence-electron chi connectivity index (χ2n) is 10.1. The maximum Gasteiger partial charge on any atom is 0.226 e. The smallest absolute Gasteiger partial charge is 0.226 e. The number of aromatic nitrogens is 1. The molecule has 1 aliphatic heterocycles. The predicted molar refractivity (Wildman–Crippen MR) is 167 cm³/mol. The lowest BCUT2D eigenvalue weighted by molar-refractivity contribution is -0.128. The zero-order chi connectivity index (χ0) is 32.9. The molecule has 264 valence electrons. The maximum absolute atomic E-state index is 12.7. The first kappa shape index (κ1) is 39.9. The Kier molecular flexibility index (Phi) is 24.1. The van der Waals surface area contributed by atoms with Crippen LogP contribution in [0, 0.1) is 5.92 Å². The third-order valence-corrected chi connectivity index (χ3v) is 6.73. The Bertz CT molecular complexity index is 887. The molecule has 2 atom stereocenters. The largest absolute Gasteiger partial charge is 0.378 e. The topological polar surface area (TPSA) is 171 Å². The molecule has 1 aliphatic rings. The van der Waals surface area contributed by atoms with Gasteiger partial charge in [0.05, 0.1) is 131 Å². The van der Waals surface area contributed by atoms with Gasteiger partial charge in [-0.3, -0.25) is 14.6 Å². The highest BCUT2D eigenvalue weighted by molar-refractivity contribution is 5.90. The third kappa shape index (κ3) is 18.7. The number of hydrogen-bond donors (Lipinski definition) is 2. The summed E-state index contributed by atoms with van der Waals surface area (Å²) in [4.78, 5) is 30.7. The molecule has 2 rings (SSSR count). The summed E-state index contributed by atoms with van der Waals surface area (Å²) in [5, 5.41) is 2.87. The van der Waals surface area contributed by atoms with Crippen molar-refractivity contribution in [1.29, 1.82) is 0 Å². The second-order valence-corrected chi connectivity index (χ2v) is 10.1. The van der Waals surface area contributed by atoms with E-state index in [0.29, 0.717) is 132 Å². The maximum atomic E-state index is 12.7. The van der Waals surface area contributed by atoms with Crippen molar-refractivity contribution in [2.45, 2.75) is 12.5 Å². The van der Waals surface area contributed by atoms with E-state index in [-0.39, 0.29) is 24.3 Å². The number of carbonyl (C=O) groups is 2. The van der Waals surface area contributed by atoms with E-state index in [4.69, 9.17) is 48.4 Å². The summed E-state index contributed by atoms with van der Waals surface area (Å²) < 4.78 is 48.9. The summed E-state index contributed by atoms with van der Waals surface area (Å²) in [6.45, 7) is 9.57. The predicted octanol–water partition coefficient (Wildman–Crippen LogP) is -0.175. The van der Waals surface area contributed by atoms with Gasteiger partial charge in [0.1, 0.15) is 0 Å². The number of nitrogens with zero attached hydrogens (tertiary/aromatic N) is 2. The van der Waals surface area contributed by atoms with Gasteiger partial charge in [0.25, 0.3) is 0 Å². The number of nitrogens with two attached hydrogens (primary N) is 1. The van der Waals surface area contributed by atoms with Crippen molar-refractivity contribution in [3.05, 3.63) is 30.1 Å². The molecule has 1 saturated heterocycles. The Balaban J connectivity index is 1.26. The molecule has 0 aliphatic carbocycles. The van der Waals surface area contributed by atoms with Crippen LogP contribution in [0.15, 0.2) is 24.5 Å². The van der Waals surface area contributed by atoms with E-state index in [1.807, 2.05) is 6.07 Å². The average Bonchev–Trinajstić information content (AvgIpc) is 3.37. The number of likely N-dealkylation sites (tertiary alicyclic amines) is 1. The van der Waals surface area contributed by atoms with Crippen LogP contribution in [0.4, 0.5) is 0 Å². The lowest BCUT2D eigenvalue weighted by atomic mass is 9.94. The normalized spacial score (nSPS) is 16.4. The van der Waals surface area contributed by atoms with Gasteiger partial charge in [-0.05, 0) is 11.6 Å². The lowest BCUT2D eigenvalue weighted by Crippen LogP contribution is -2.36. The van der Waals surface area contributed by atoms with Crippen molar-refractivity contribution in [1.82, 2.24) is 15.2 Å². The van der Waals surface area contributed by atoms with Crippen LogP contribution in [-0.4, -0.2) is 161 Å². The molecular weight excluding hydrogens is 604 g/mol. The fourth-order valence-electron chi connectivity index (χ4n) is 4.43. The van der Waals surface area contributed by atoms with Crippen molar-refractivity contribution < 1.29 is 52.2 Å². The first-order valence-corrected chi connectivity index (χ1v) is 16.0. The van der Waals surface area contributed by atoms with Crippen LogP contribution < -0.4 is 11.1 Å². The molecular formula is C31H54N4O11. The molecule has 1 aromatic rings. The number of rotatable bonds is 31. The van der Waals surface area contributed by atoms with Gasteiger partial charge in [0.15, 0.2) is 0 Å². The Morgan fingerprint density at radius 2 is 1.15 bits per heavy atom. The summed E-state index contributed by atoms with van der Waals surface area (Å²) >= 11 is 0. The van der Waals surface area contributed by atoms with Crippen LogP contribution in [-0.2, 0) is 52.2 Å². The van der Waals surface area contributed by atoms with Crippen LogP contribution in [0.3, 0.4) is 0 Å². The van der Waals surface area contributed by atoms with Crippen molar-refractivity contribution in [3.63, 3.8) is 0 Å². The Morgan fingerprint density at radius 3 is 1.54 bits per heavy atom. The van der Waals surface area contributed by atoms with Crippen molar-refractivity contribution >= 4 is 11.8 Å². The van der Waals surface area contributed by atoms with Crippen LogP contribution in [0.2, 0.25) is 0 Å². The lowest BCUT2D eigenvalue weighted by Gasteiger charge is -2.24. The summed E-state index contributed by atoms with van der Waals surface area (Å²) in [6.07, 6.45) is 3.54. The van der Waals surface area contributed by atoms with E-state index in [2.05, 4.69) is 10.3 Å². The molecule has 2 heterocycles. The molecule has 0 spiro atoms. The van der Waals surface area contributed by atoms with E-state index >= 15 is 0 Å². The number of hydrogen-bond acceptors (Lipinski definition) is 13. The van der Waals surface area contributed by atoms with Gasteiger partial charge in [0.2, 0.25) is 11.8 Å². The second kappa shape index (κ2) is 27.8. The van der Waals surface area contributed by atoms with Crippen LogP contribution in [0.25, 0.3) is 0 Å². The number of nitrogens with one attached hydrogen (secondary N) is 1. The Labute approximate surface area is 272 Å². The first-order valence-electron chi connectivity index (χ1n) is 16.0. The minimum absolute atomic E-state index is 0.0552. The fraction of sp³-hybridized carbons (Fsp3) is 0.774. The molecule has 15 nitrogen and oxygen atoms in total. The number of ether oxygens (including phenoxy) is 9. The fourth-order valence-corrected chi connectivity index (χ4v) is 4.43. The molecule has 0 aromatic carbocycles. The van der Waals surface area contributed by atoms with E-state index in [1.54, 1.807) is 30.4 Å². The van der Waals surface area contributed by atoms with Crippen LogP contribution >= 0.6 is 0 Å². The van der Waals surface area contributed by atoms with Gasteiger partial charge in [-0.2, -0.15) is 0 Å². The van der Waals surface area contributed by atoms with Gasteiger partial charge in [-0.1, -0.05) is 6.07 Å². The monoisotopic (exact) mass is 658 g/mol. The summed E-state index contributed by atoms with van der Waals surface area (Å²) in [5.41, 5.74) is 6.18. The minimum Gasteiger partial charge on any atom is -0.378 e. The molecule has 2 amide bonds. The molecule has 46 heavy (non-hydrogen) atoms.